The number of rotatable bonds is 5. The van der Waals surface area contributed by atoms with E-state index in [4.69, 9.17) is 0 Å². The van der Waals surface area contributed by atoms with Crippen LogP contribution in [-0.2, 0) is 4.79 Å². The molecule has 0 aliphatic carbocycles. The molecule has 10 heteroatoms. The van der Waals surface area contributed by atoms with E-state index in [-0.39, 0.29) is 28.0 Å². The summed E-state index contributed by atoms with van der Waals surface area (Å²) in [6, 6.07) is 8.50. The van der Waals surface area contributed by atoms with E-state index in [9.17, 15) is 23.2 Å². The molecule has 0 saturated carbocycles. The number of thioether (sulfide) groups is 1. The van der Waals surface area contributed by atoms with E-state index in [0.29, 0.717) is 11.6 Å². The van der Waals surface area contributed by atoms with Crippen molar-refractivity contribution in [2.75, 3.05) is 5.75 Å². The first-order valence-corrected chi connectivity index (χ1v) is 9.95. The lowest BCUT2D eigenvalue weighted by Gasteiger charge is -2.14. The lowest BCUT2D eigenvalue weighted by molar-refractivity contribution is -0.117. The van der Waals surface area contributed by atoms with Gasteiger partial charge in [0.1, 0.15) is 11.6 Å². The van der Waals surface area contributed by atoms with Gasteiger partial charge in [0.25, 0.3) is 5.56 Å². The van der Waals surface area contributed by atoms with E-state index >= 15 is 0 Å². The van der Waals surface area contributed by atoms with Crippen molar-refractivity contribution in [2.24, 2.45) is 0 Å². The fraction of sp³-hybridized carbons (Fsp3) is 0.200. The van der Waals surface area contributed by atoms with Gasteiger partial charge in [-0.05, 0) is 38.1 Å². The van der Waals surface area contributed by atoms with Crippen LogP contribution in [0.5, 0.6) is 0 Å². The van der Waals surface area contributed by atoms with Crippen LogP contribution in [0.1, 0.15) is 13.8 Å². The number of amides is 3. The number of aromatic nitrogens is 2. The molecule has 2 aromatic carbocycles. The summed E-state index contributed by atoms with van der Waals surface area (Å²) >= 11 is 0.852. The van der Waals surface area contributed by atoms with Crippen LogP contribution in [0.3, 0.4) is 0 Å². The predicted octanol–water partition coefficient (Wildman–Crippen LogP) is 2.99. The third kappa shape index (κ3) is 4.82. The zero-order chi connectivity index (χ0) is 21.8. The lowest BCUT2D eigenvalue weighted by atomic mass is 10.2. The minimum Gasteiger partial charge on any atom is -0.336 e. The van der Waals surface area contributed by atoms with Crippen LogP contribution < -0.4 is 16.2 Å². The van der Waals surface area contributed by atoms with Gasteiger partial charge in [0.05, 0.1) is 22.3 Å². The van der Waals surface area contributed by atoms with Crippen molar-refractivity contribution in [2.45, 2.75) is 25.0 Å². The van der Waals surface area contributed by atoms with Gasteiger partial charge in [-0.3, -0.25) is 19.5 Å². The maximum Gasteiger partial charge on any atom is 0.321 e. The van der Waals surface area contributed by atoms with Gasteiger partial charge in [-0.25, -0.2) is 18.6 Å². The van der Waals surface area contributed by atoms with Crippen LogP contribution in [0.25, 0.3) is 16.6 Å². The molecule has 3 rings (SSSR count). The van der Waals surface area contributed by atoms with E-state index in [0.717, 1.165) is 28.5 Å². The minimum absolute atomic E-state index is 0.0311. The largest absolute Gasteiger partial charge is 0.336 e. The molecule has 0 bridgehead atoms. The Morgan fingerprint density at radius 1 is 1.17 bits per heavy atom. The summed E-state index contributed by atoms with van der Waals surface area (Å²) in [5.74, 6) is -2.61. The second-order valence-electron chi connectivity index (χ2n) is 6.61. The second kappa shape index (κ2) is 9.04. The van der Waals surface area contributed by atoms with E-state index in [1.54, 1.807) is 38.1 Å². The average Bonchev–Trinajstić information content (AvgIpc) is 2.67. The molecular weight excluding hydrogens is 414 g/mol. The Kier molecular flexibility index (Phi) is 6.46. The Hall–Kier alpha value is -3.27. The highest BCUT2D eigenvalue weighted by molar-refractivity contribution is 7.99. The van der Waals surface area contributed by atoms with E-state index in [1.165, 1.54) is 0 Å². The quantitative estimate of drug-likeness (QED) is 0.478. The first-order valence-electron chi connectivity index (χ1n) is 8.96. The number of fused-ring (bicyclic) bond motifs is 1. The van der Waals surface area contributed by atoms with Crippen molar-refractivity contribution in [1.29, 1.82) is 0 Å². The number of carbonyl (C=O) groups excluding carboxylic acids is 2. The fourth-order valence-corrected chi connectivity index (χ4v) is 3.48. The number of imide groups is 1. The second-order valence-corrected chi connectivity index (χ2v) is 7.56. The number of hydrogen-bond donors (Lipinski definition) is 2. The molecular formula is C20H18F2N4O3S. The van der Waals surface area contributed by atoms with E-state index in [1.807, 2.05) is 0 Å². The van der Waals surface area contributed by atoms with Crippen LogP contribution in [-0.4, -0.2) is 33.3 Å². The summed E-state index contributed by atoms with van der Waals surface area (Å²) < 4.78 is 28.8. The third-order valence-corrected chi connectivity index (χ3v) is 4.84. The highest BCUT2D eigenvalue weighted by atomic mass is 32.2. The molecule has 7 nitrogen and oxygen atoms in total. The van der Waals surface area contributed by atoms with Gasteiger partial charge in [0, 0.05) is 12.1 Å². The van der Waals surface area contributed by atoms with Gasteiger partial charge in [0.15, 0.2) is 5.16 Å². The number of carbonyl (C=O) groups is 2. The molecule has 30 heavy (non-hydrogen) atoms. The molecule has 0 unspecified atom stereocenters. The highest BCUT2D eigenvalue weighted by Gasteiger charge is 2.18. The van der Waals surface area contributed by atoms with Gasteiger partial charge >= 0.3 is 6.03 Å². The highest BCUT2D eigenvalue weighted by Crippen LogP contribution is 2.23. The van der Waals surface area contributed by atoms with Gasteiger partial charge in [-0.15, -0.1) is 0 Å². The minimum atomic E-state index is -0.947. The Labute approximate surface area is 174 Å². The molecule has 3 amide bonds. The summed E-state index contributed by atoms with van der Waals surface area (Å²) in [5, 5.41) is 4.95. The smallest absolute Gasteiger partial charge is 0.321 e. The number of nitrogens with one attached hydrogen (secondary N) is 2. The average molecular weight is 432 g/mol. The van der Waals surface area contributed by atoms with E-state index < -0.39 is 29.1 Å². The zero-order valence-corrected chi connectivity index (χ0v) is 16.9. The van der Waals surface area contributed by atoms with Crippen LogP contribution in [0.2, 0.25) is 0 Å². The van der Waals surface area contributed by atoms with Crippen molar-refractivity contribution in [3.05, 3.63) is 64.5 Å². The van der Waals surface area contributed by atoms with Crippen molar-refractivity contribution >= 4 is 34.6 Å². The molecule has 1 heterocycles. The maximum atomic E-state index is 14.4. The Morgan fingerprint density at radius 2 is 1.90 bits per heavy atom. The van der Waals surface area contributed by atoms with Crippen LogP contribution in [0, 0.1) is 11.6 Å². The number of nitrogens with zero attached hydrogens (tertiary/aromatic N) is 2. The molecule has 2 N–H and O–H groups in total. The fourth-order valence-electron chi connectivity index (χ4n) is 2.68. The van der Waals surface area contributed by atoms with Crippen molar-refractivity contribution in [3.63, 3.8) is 0 Å². The zero-order valence-electron chi connectivity index (χ0n) is 16.1. The lowest BCUT2D eigenvalue weighted by Crippen LogP contribution is -2.43. The van der Waals surface area contributed by atoms with E-state index in [2.05, 4.69) is 15.6 Å². The normalized spacial score (nSPS) is 11.0. The van der Waals surface area contributed by atoms with Gasteiger partial charge in [0.2, 0.25) is 5.91 Å². The molecule has 0 fully saturated rings. The predicted molar refractivity (Wildman–Crippen MR) is 110 cm³/mol. The Bertz CT molecular complexity index is 1180. The summed E-state index contributed by atoms with van der Waals surface area (Å²) in [4.78, 5) is 41.1. The van der Waals surface area contributed by atoms with Gasteiger partial charge in [-0.2, -0.15) is 0 Å². The summed E-state index contributed by atoms with van der Waals surface area (Å²) in [7, 11) is 0. The summed E-state index contributed by atoms with van der Waals surface area (Å²) in [5.41, 5.74) is -0.395. The first-order chi connectivity index (χ1) is 14.3. The molecule has 0 atom stereocenters. The van der Waals surface area contributed by atoms with Crippen molar-refractivity contribution in [3.8, 4) is 5.69 Å². The number of hydrogen-bond acceptors (Lipinski definition) is 5. The number of halogens is 2. The topological polar surface area (TPSA) is 93.1 Å². The molecule has 0 aliphatic rings. The monoisotopic (exact) mass is 432 g/mol. The number of para-hydroxylation sites is 1. The molecule has 1 aromatic heterocycles. The van der Waals surface area contributed by atoms with Crippen molar-refractivity contribution < 1.29 is 18.4 Å². The molecule has 0 aliphatic heterocycles. The molecule has 156 valence electrons. The summed E-state index contributed by atoms with van der Waals surface area (Å²) in [6.07, 6.45) is 0. The first kappa shape index (κ1) is 21.4. The number of benzene rings is 2. The van der Waals surface area contributed by atoms with Gasteiger partial charge in [-0.1, -0.05) is 23.9 Å². The van der Waals surface area contributed by atoms with Crippen LogP contribution in [0.4, 0.5) is 13.6 Å². The molecule has 0 radical (unpaired) electrons. The Morgan fingerprint density at radius 3 is 2.60 bits per heavy atom. The molecule has 0 saturated heterocycles. The van der Waals surface area contributed by atoms with Crippen molar-refractivity contribution in [1.82, 2.24) is 20.2 Å². The summed E-state index contributed by atoms with van der Waals surface area (Å²) in [6.45, 7) is 3.49. The maximum absolute atomic E-state index is 14.4. The molecule has 3 aromatic rings. The standard InChI is InChI=1S/C20H18F2N4O3S/c1-11(2)23-19(29)25-17(27)10-30-20-24-15-6-4-3-5-13(15)18(28)26(20)16-8-7-12(21)9-14(16)22/h3-9,11H,10H2,1-2H3,(H2,23,25,27,29). The van der Waals surface area contributed by atoms with Crippen LogP contribution >= 0.6 is 11.8 Å². The Balaban J connectivity index is 1.98. The number of urea groups is 1. The van der Waals surface area contributed by atoms with Gasteiger partial charge < -0.3 is 5.32 Å². The molecule has 0 spiro atoms. The SMILES string of the molecule is CC(C)NC(=O)NC(=O)CSc1nc2ccccc2c(=O)n1-c1ccc(F)cc1F. The third-order valence-electron chi connectivity index (χ3n) is 3.90. The van der Waals surface area contributed by atoms with Crippen LogP contribution in [0.15, 0.2) is 52.4 Å².